The summed E-state index contributed by atoms with van der Waals surface area (Å²) in [6.07, 6.45) is 1.63. The standard InChI is InChI=1S/C35H30N2O5/c1-21-27(34(38)40-2)28(23-14-7-4-8-15-23)30-31(26-18-11-19-41-26)36-32-29(24-16-9-10-17-25(24)42-35(32)39)33(30)37(21)20-22-12-5-3-6-13-22/h3-19,28,30-31,33,36H,20H2,1-2H3/t28?,30-,31-,33+/m0/s1. The smallest absolute Gasteiger partial charge is 0.360 e. The Balaban J connectivity index is 1.59. The van der Waals surface area contributed by atoms with E-state index in [1.54, 1.807) is 6.26 Å². The van der Waals surface area contributed by atoms with Crippen molar-refractivity contribution in [2.75, 3.05) is 12.4 Å². The van der Waals surface area contributed by atoms with Crippen LogP contribution in [0.25, 0.3) is 11.0 Å². The van der Waals surface area contributed by atoms with E-state index in [0.717, 1.165) is 27.8 Å². The van der Waals surface area contributed by atoms with Crippen molar-refractivity contribution in [1.82, 2.24) is 4.90 Å². The highest BCUT2D eigenvalue weighted by atomic mass is 16.5. The van der Waals surface area contributed by atoms with Crippen molar-refractivity contribution < 1.29 is 18.4 Å². The van der Waals surface area contributed by atoms with Crippen LogP contribution >= 0.6 is 0 Å². The molecule has 5 aromatic rings. The predicted octanol–water partition coefficient (Wildman–Crippen LogP) is 6.96. The van der Waals surface area contributed by atoms with Gasteiger partial charge in [0.05, 0.1) is 31.0 Å². The summed E-state index contributed by atoms with van der Waals surface area (Å²) < 4.78 is 17.3. The van der Waals surface area contributed by atoms with Crippen LogP contribution in [0.5, 0.6) is 0 Å². The normalized spacial score (nSPS) is 21.4. The Morgan fingerprint density at radius 3 is 2.36 bits per heavy atom. The summed E-state index contributed by atoms with van der Waals surface area (Å²) in [7, 11) is 1.43. The van der Waals surface area contributed by atoms with E-state index in [2.05, 4.69) is 34.5 Å². The minimum Gasteiger partial charge on any atom is -0.467 e. The molecule has 7 rings (SSSR count). The van der Waals surface area contributed by atoms with Gasteiger partial charge in [0, 0.05) is 35.0 Å². The van der Waals surface area contributed by atoms with Gasteiger partial charge in [-0.05, 0) is 36.2 Å². The van der Waals surface area contributed by atoms with Gasteiger partial charge >= 0.3 is 11.6 Å². The van der Waals surface area contributed by atoms with E-state index in [1.807, 2.05) is 79.7 Å². The van der Waals surface area contributed by atoms with Crippen molar-refractivity contribution >= 4 is 22.6 Å². The van der Waals surface area contributed by atoms with Crippen LogP contribution in [0.1, 0.15) is 47.4 Å². The van der Waals surface area contributed by atoms with Crippen LogP contribution in [-0.4, -0.2) is 18.0 Å². The van der Waals surface area contributed by atoms with Crippen molar-refractivity contribution in [3.63, 3.8) is 0 Å². The van der Waals surface area contributed by atoms with Gasteiger partial charge in [-0.15, -0.1) is 0 Å². The minimum atomic E-state index is -0.446. The number of nitrogens with one attached hydrogen (secondary N) is 1. The number of carbonyl (C=O) groups is 1. The molecule has 4 atom stereocenters. The number of nitrogens with zero attached hydrogens (tertiary/aromatic N) is 1. The maximum absolute atomic E-state index is 13.7. The van der Waals surface area contributed by atoms with E-state index in [4.69, 9.17) is 13.6 Å². The number of hydrogen-bond acceptors (Lipinski definition) is 7. The van der Waals surface area contributed by atoms with E-state index in [9.17, 15) is 9.59 Å². The lowest BCUT2D eigenvalue weighted by Gasteiger charge is -2.53. The van der Waals surface area contributed by atoms with Gasteiger partial charge in [0.1, 0.15) is 17.0 Å². The maximum atomic E-state index is 13.7. The summed E-state index contributed by atoms with van der Waals surface area (Å²) in [6.45, 7) is 2.51. The molecule has 0 fully saturated rings. The molecule has 210 valence electrons. The zero-order chi connectivity index (χ0) is 28.8. The number of benzene rings is 3. The van der Waals surface area contributed by atoms with E-state index < -0.39 is 11.7 Å². The molecule has 2 aromatic heterocycles. The second-order valence-electron chi connectivity index (χ2n) is 10.8. The molecule has 7 heteroatoms. The molecule has 0 bridgehead atoms. The molecule has 1 unspecified atom stereocenters. The molecule has 2 aliphatic rings. The second kappa shape index (κ2) is 10.4. The SMILES string of the molecule is COC(=O)C1=C(C)N(Cc2ccccc2)[C@@H]2c3c(c(=O)oc4ccccc34)N[C@@H](c3ccco3)[C@@H]2C1c1ccccc1. The van der Waals surface area contributed by atoms with Crippen molar-refractivity contribution in [2.24, 2.45) is 5.92 Å². The number of fused-ring (bicyclic) bond motifs is 5. The van der Waals surface area contributed by atoms with Crippen molar-refractivity contribution in [2.45, 2.75) is 31.5 Å². The number of rotatable bonds is 5. The number of furan rings is 1. The van der Waals surface area contributed by atoms with E-state index in [1.165, 1.54) is 7.11 Å². The highest BCUT2D eigenvalue weighted by Gasteiger charge is 2.53. The molecule has 42 heavy (non-hydrogen) atoms. The van der Waals surface area contributed by atoms with Gasteiger partial charge in [-0.3, -0.25) is 0 Å². The number of anilines is 1. The van der Waals surface area contributed by atoms with Crippen LogP contribution in [0.3, 0.4) is 0 Å². The molecule has 3 aromatic carbocycles. The van der Waals surface area contributed by atoms with Crippen LogP contribution in [-0.2, 0) is 16.1 Å². The molecule has 0 saturated heterocycles. The van der Waals surface area contributed by atoms with Gasteiger partial charge in [0.15, 0.2) is 0 Å². The van der Waals surface area contributed by atoms with Crippen LogP contribution in [0.4, 0.5) is 5.69 Å². The summed E-state index contributed by atoms with van der Waals surface area (Å²) >= 11 is 0. The van der Waals surface area contributed by atoms with E-state index in [-0.39, 0.29) is 23.8 Å². The quantitative estimate of drug-likeness (QED) is 0.184. The fourth-order valence-electron chi connectivity index (χ4n) is 6.92. The maximum Gasteiger partial charge on any atom is 0.360 e. The van der Waals surface area contributed by atoms with Gasteiger partial charge in [0.2, 0.25) is 0 Å². The molecular formula is C35H30N2O5. The second-order valence-corrected chi connectivity index (χ2v) is 10.8. The van der Waals surface area contributed by atoms with Crippen LogP contribution in [0.15, 0.2) is 128 Å². The van der Waals surface area contributed by atoms with Crippen molar-refractivity contribution in [1.29, 1.82) is 0 Å². The third-order valence-electron chi connectivity index (χ3n) is 8.66. The molecule has 7 nitrogen and oxygen atoms in total. The zero-order valence-electron chi connectivity index (χ0n) is 23.3. The highest BCUT2D eigenvalue weighted by molar-refractivity contribution is 5.92. The number of ether oxygens (including phenoxy) is 1. The number of esters is 1. The molecule has 0 amide bonds. The molecule has 0 saturated carbocycles. The van der Waals surface area contributed by atoms with Crippen molar-refractivity contribution in [3.8, 4) is 0 Å². The van der Waals surface area contributed by atoms with E-state index in [0.29, 0.717) is 29.1 Å². The molecule has 2 aliphatic heterocycles. The van der Waals surface area contributed by atoms with Crippen LogP contribution in [0.2, 0.25) is 0 Å². The number of hydrogen-bond donors (Lipinski definition) is 1. The number of allylic oxidation sites excluding steroid dienone is 1. The van der Waals surface area contributed by atoms with Gasteiger partial charge in [0.25, 0.3) is 0 Å². The summed E-state index contributed by atoms with van der Waals surface area (Å²) in [5.41, 5.74) is 4.83. The summed E-state index contributed by atoms with van der Waals surface area (Å²) in [5, 5.41) is 4.39. The first kappa shape index (κ1) is 25.9. The van der Waals surface area contributed by atoms with Gasteiger partial charge in [-0.1, -0.05) is 78.9 Å². The molecule has 0 spiro atoms. The van der Waals surface area contributed by atoms with Crippen LogP contribution < -0.4 is 10.9 Å². The van der Waals surface area contributed by atoms with Gasteiger partial charge in [-0.2, -0.15) is 0 Å². The lowest BCUT2D eigenvalue weighted by atomic mass is 9.65. The first-order valence-corrected chi connectivity index (χ1v) is 14.1. The minimum absolute atomic E-state index is 0.266. The van der Waals surface area contributed by atoms with E-state index >= 15 is 0 Å². The highest BCUT2D eigenvalue weighted by Crippen LogP contribution is 2.59. The summed E-state index contributed by atoms with van der Waals surface area (Å²) in [4.78, 5) is 29.6. The topological polar surface area (TPSA) is 84.9 Å². The number of methoxy groups -OCH3 is 1. The number of carbonyl (C=O) groups excluding carboxylic acids is 1. The molecule has 1 N–H and O–H groups in total. The Bertz CT molecular complexity index is 1840. The largest absolute Gasteiger partial charge is 0.467 e. The average Bonchev–Trinajstić information content (AvgIpc) is 3.57. The van der Waals surface area contributed by atoms with Gasteiger partial charge in [-0.25, -0.2) is 9.59 Å². The molecule has 0 aliphatic carbocycles. The lowest BCUT2D eigenvalue weighted by molar-refractivity contribution is -0.137. The van der Waals surface area contributed by atoms with Gasteiger partial charge < -0.3 is 23.8 Å². The zero-order valence-corrected chi connectivity index (χ0v) is 23.3. The Kier molecular flexibility index (Phi) is 6.42. The third kappa shape index (κ3) is 4.12. The first-order chi connectivity index (χ1) is 20.6. The molecule has 4 heterocycles. The summed E-state index contributed by atoms with van der Waals surface area (Å²) in [6, 6.07) is 30.8. The third-order valence-corrected chi connectivity index (χ3v) is 8.66. The fraction of sp³-hybridized carbons (Fsp3) is 0.200. The number of para-hydroxylation sites is 1. The Labute approximate surface area is 243 Å². The Hall–Kier alpha value is -5.04. The van der Waals surface area contributed by atoms with Crippen molar-refractivity contribution in [3.05, 3.63) is 147 Å². The molecular weight excluding hydrogens is 528 g/mol. The Morgan fingerprint density at radius 2 is 1.64 bits per heavy atom. The monoisotopic (exact) mass is 558 g/mol. The Morgan fingerprint density at radius 1 is 0.929 bits per heavy atom. The average molecular weight is 559 g/mol. The summed E-state index contributed by atoms with van der Waals surface area (Å²) in [5.74, 6) is -0.331. The molecule has 0 radical (unpaired) electrons. The lowest BCUT2D eigenvalue weighted by Crippen LogP contribution is -2.49. The van der Waals surface area contributed by atoms with Crippen LogP contribution in [0, 0.1) is 5.92 Å². The fourth-order valence-corrected chi connectivity index (χ4v) is 6.92. The first-order valence-electron chi connectivity index (χ1n) is 14.1. The predicted molar refractivity (Wildman–Crippen MR) is 160 cm³/mol.